The topological polar surface area (TPSA) is 35.2 Å². The van der Waals surface area contributed by atoms with Crippen molar-refractivity contribution in [1.29, 1.82) is 0 Å². The lowest BCUT2D eigenvalue weighted by Gasteiger charge is -2.30. The van der Waals surface area contributed by atoms with E-state index >= 15 is 0 Å². The van der Waals surface area contributed by atoms with Gasteiger partial charge in [0.1, 0.15) is 0 Å². The van der Waals surface area contributed by atoms with E-state index in [1.54, 1.807) is 12.7 Å². The molecular formula is C13H19NO. The van der Waals surface area contributed by atoms with Gasteiger partial charge in [0.25, 0.3) is 0 Å². The first-order valence-corrected chi connectivity index (χ1v) is 5.67. The molecule has 0 aromatic rings. The van der Waals surface area contributed by atoms with Crippen molar-refractivity contribution < 1.29 is 4.74 Å². The third kappa shape index (κ3) is 2.15. The fourth-order valence-corrected chi connectivity index (χ4v) is 2.50. The second-order valence-electron chi connectivity index (χ2n) is 4.19. The summed E-state index contributed by atoms with van der Waals surface area (Å²) in [5, 5.41) is 0. The van der Waals surface area contributed by atoms with Gasteiger partial charge in [-0.2, -0.15) is 0 Å². The van der Waals surface area contributed by atoms with E-state index < -0.39 is 0 Å². The van der Waals surface area contributed by atoms with Crippen LogP contribution >= 0.6 is 0 Å². The Labute approximate surface area is 91.5 Å². The highest BCUT2D eigenvalue weighted by Gasteiger charge is 2.25. The molecule has 2 nitrogen and oxygen atoms in total. The van der Waals surface area contributed by atoms with Crippen molar-refractivity contribution in [1.82, 2.24) is 0 Å². The summed E-state index contributed by atoms with van der Waals surface area (Å²) in [7, 11) is 1.75. The van der Waals surface area contributed by atoms with Crippen LogP contribution in [-0.4, -0.2) is 13.7 Å². The molecule has 2 heteroatoms. The molecule has 0 bridgehead atoms. The lowest BCUT2D eigenvalue weighted by molar-refractivity contribution is 0.265. The number of ether oxygens (including phenoxy) is 1. The van der Waals surface area contributed by atoms with Crippen LogP contribution in [0.5, 0.6) is 0 Å². The largest absolute Gasteiger partial charge is 0.501 e. The summed E-state index contributed by atoms with van der Waals surface area (Å²) >= 11 is 0. The van der Waals surface area contributed by atoms with Crippen molar-refractivity contribution in [2.24, 2.45) is 11.7 Å². The minimum Gasteiger partial charge on any atom is -0.501 e. The maximum Gasteiger partial charge on any atom is 0.0964 e. The zero-order chi connectivity index (χ0) is 10.7. The Bertz CT molecular complexity index is 325. The highest BCUT2D eigenvalue weighted by Crippen LogP contribution is 2.38. The van der Waals surface area contributed by atoms with Gasteiger partial charge in [0.2, 0.25) is 0 Å². The maximum absolute atomic E-state index is 5.64. The number of nitrogens with two attached hydrogens (primary N) is 1. The number of rotatable bonds is 3. The Morgan fingerprint density at radius 1 is 1.47 bits per heavy atom. The zero-order valence-corrected chi connectivity index (χ0v) is 9.33. The molecular weight excluding hydrogens is 186 g/mol. The monoisotopic (exact) mass is 205 g/mol. The summed E-state index contributed by atoms with van der Waals surface area (Å²) in [5.41, 5.74) is 8.71. The number of fused-ring (bicyclic) bond motifs is 1. The standard InChI is InChI=1S/C13H19NO/c1-15-12-6-5-10-3-2-4-11(7-8-14)13(10)9-12/h4-6,13H,2-3,7-9,14H2,1H3. The highest BCUT2D eigenvalue weighted by molar-refractivity contribution is 5.34. The fraction of sp³-hybridized carbons (Fsp3) is 0.538. The number of hydrogen-bond acceptors (Lipinski definition) is 2. The molecule has 0 fully saturated rings. The van der Waals surface area contributed by atoms with Crippen molar-refractivity contribution in [3.8, 4) is 0 Å². The SMILES string of the molecule is COC1=CC=C2CCC=C(CCN)C2C1. The zero-order valence-electron chi connectivity index (χ0n) is 9.33. The molecule has 0 heterocycles. The fourth-order valence-electron chi connectivity index (χ4n) is 2.50. The Morgan fingerprint density at radius 2 is 2.33 bits per heavy atom. The second kappa shape index (κ2) is 4.67. The summed E-state index contributed by atoms with van der Waals surface area (Å²) in [4.78, 5) is 0. The lowest BCUT2D eigenvalue weighted by atomic mass is 9.77. The first kappa shape index (κ1) is 10.5. The van der Waals surface area contributed by atoms with Gasteiger partial charge in [0, 0.05) is 12.3 Å². The van der Waals surface area contributed by atoms with E-state index in [1.165, 1.54) is 18.4 Å². The average molecular weight is 205 g/mol. The highest BCUT2D eigenvalue weighted by atomic mass is 16.5. The summed E-state index contributed by atoms with van der Waals surface area (Å²) in [6, 6.07) is 0. The third-order valence-electron chi connectivity index (χ3n) is 3.32. The maximum atomic E-state index is 5.64. The third-order valence-corrected chi connectivity index (χ3v) is 3.32. The molecule has 0 aliphatic heterocycles. The minimum atomic E-state index is 0.572. The van der Waals surface area contributed by atoms with E-state index in [2.05, 4.69) is 18.2 Å². The Morgan fingerprint density at radius 3 is 3.07 bits per heavy atom. The smallest absolute Gasteiger partial charge is 0.0964 e. The molecule has 0 saturated heterocycles. The first-order chi connectivity index (χ1) is 7.35. The van der Waals surface area contributed by atoms with Crippen LogP contribution < -0.4 is 5.73 Å². The van der Waals surface area contributed by atoms with Crippen molar-refractivity contribution in [3.05, 3.63) is 35.1 Å². The van der Waals surface area contributed by atoms with Crippen LogP contribution in [0.15, 0.2) is 35.1 Å². The van der Waals surface area contributed by atoms with E-state index in [1.807, 2.05) is 0 Å². The predicted octanol–water partition coefficient (Wildman–Crippen LogP) is 2.53. The van der Waals surface area contributed by atoms with Crippen molar-refractivity contribution in [3.63, 3.8) is 0 Å². The van der Waals surface area contributed by atoms with E-state index in [9.17, 15) is 0 Å². The summed E-state index contributed by atoms with van der Waals surface area (Å²) in [6.45, 7) is 0.752. The molecule has 0 aromatic heterocycles. The average Bonchev–Trinajstić information content (AvgIpc) is 2.29. The Hall–Kier alpha value is -1.02. The lowest BCUT2D eigenvalue weighted by Crippen LogP contribution is -2.18. The normalized spacial score (nSPS) is 24.9. The van der Waals surface area contributed by atoms with Gasteiger partial charge in [-0.3, -0.25) is 0 Å². The van der Waals surface area contributed by atoms with Crippen molar-refractivity contribution >= 4 is 0 Å². The first-order valence-electron chi connectivity index (χ1n) is 5.67. The van der Waals surface area contributed by atoms with Crippen LogP contribution in [0, 0.1) is 5.92 Å². The quantitative estimate of drug-likeness (QED) is 0.719. The Kier molecular flexibility index (Phi) is 3.27. The second-order valence-corrected chi connectivity index (χ2v) is 4.19. The molecule has 0 amide bonds. The molecule has 15 heavy (non-hydrogen) atoms. The molecule has 82 valence electrons. The Balaban J connectivity index is 2.17. The molecule has 2 aliphatic rings. The molecule has 1 atom stereocenters. The molecule has 2 rings (SSSR count). The van der Waals surface area contributed by atoms with Gasteiger partial charge in [-0.1, -0.05) is 23.3 Å². The van der Waals surface area contributed by atoms with E-state index in [-0.39, 0.29) is 0 Å². The molecule has 0 aromatic carbocycles. The van der Waals surface area contributed by atoms with Crippen LogP contribution in [0.3, 0.4) is 0 Å². The van der Waals surface area contributed by atoms with Gasteiger partial charge in [0.15, 0.2) is 0 Å². The van der Waals surface area contributed by atoms with Gasteiger partial charge in [-0.25, -0.2) is 0 Å². The van der Waals surface area contributed by atoms with Crippen LogP contribution in [-0.2, 0) is 4.74 Å². The van der Waals surface area contributed by atoms with Gasteiger partial charge in [-0.05, 0) is 31.9 Å². The molecule has 0 saturated carbocycles. The van der Waals surface area contributed by atoms with Crippen LogP contribution in [0.4, 0.5) is 0 Å². The minimum absolute atomic E-state index is 0.572. The van der Waals surface area contributed by atoms with Crippen LogP contribution in [0.2, 0.25) is 0 Å². The van der Waals surface area contributed by atoms with E-state index in [4.69, 9.17) is 10.5 Å². The molecule has 0 radical (unpaired) electrons. The summed E-state index contributed by atoms with van der Waals surface area (Å²) < 4.78 is 5.32. The van der Waals surface area contributed by atoms with Crippen LogP contribution in [0.25, 0.3) is 0 Å². The number of allylic oxidation sites excluding steroid dienone is 5. The summed E-state index contributed by atoms with van der Waals surface area (Å²) in [5.74, 6) is 1.66. The van der Waals surface area contributed by atoms with E-state index in [0.29, 0.717) is 5.92 Å². The van der Waals surface area contributed by atoms with Crippen molar-refractivity contribution in [2.75, 3.05) is 13.7 Å². The number of methoxy groups -OCH3 is 1. The van der Waals surface area contributed by atoms with Crippen molar-refractivity contribution in [2.45, 2.75) is 25.7 Å². The molecule has 2 N–H and O–H groups in total. The van der Waals surface area contributed by atoms with Crippen LogP contribution in [0.1, 0.15) is 25.7 Å². The molecule has 0 spiro atoms. The van der Waals surface area contributed by atoms with Gasteiger partial charge in [-0.15, -0.1) is 0 Å². The van der Waals surface area contributed by atoms with E-state index in [0.717, 1.165) is 25.1 Å². The summed E-state index contributed by atoms with van der Waals surface area (Å²) in [6.07, 6.45) is 11.1. The molecule has 1 unspecified atom stereocenters. The number of hydrogen-bond donors (Lipinski definition) is 1. The van der Waals surface area contributed by atoms with Gasteiger partial charge < -0.3 is 10.5 Å². The molecule has 2 aliphatic carbocycles. The van der Waals surface area contributed by atoms with Gasteiger partial charge >= 0.3 is 0 Å². The van der Waals surface area contributed by atoms with Gasteiger partial charge in [0.05, 0.1) is 12.9 Å². The predicted molar refractivity (Wildman–Crippen MR) is 62.3 cm³/mol.